The highest BCUT2D eigenvalue weighted by Gasteiger charge is 2.31. The van der Waals surface area contributed by atoms with E-state index in [-0.39, 0.29) is 24.4 Å². The Morgan fingerprint density at radius 1 is 1.00 bits per heavy atom. The predicted octanol–water partition coefficient (Wildman–Crippen LogP) is 6.07. The molecule has 40 heavy (non-hydrogen) atoms. The fraction of sp³-hybridized carbons (Fsp3) is 0.258. The maximum Gasteiger partial charge on any atom is 0.223 e. The van der Waals surface area contributed by atoms with Gasteiger partial charge in [-0.05, 0) is 67.2 Å². The van der Waals surface area contributed by atoms with Gasteiger partial charge in [-0.15, -0.1) is 0 Å². The summed E-state index contributed by atoms with van der Waals surface area (Å²) in [6.45, 7) is 1.13. The van der Waals surface area contributed by atoms with Gasteiger partial charge in [0.25, 0.3) is 0 Å². The number of hydrogen-bond acceptors (Lipinski definition) is 7. The van der Waals surface area contributed by atoms with E-state index in [1.54, 1.807) is 24.4 Å². The predicted molar refractivity (Wildman–Crippen MR) is 153 cm³/mol. The molecular formula is C31H30FN7O. The van der Waals surface area contributed by atoms with Gasteiger partial charge in [0.2, 0.25) is 11.8 Å². The van der Waals surface area contributed by atoms with Crippen LogP contribution in [0.3, 0.4) is 0 Å². The smallest absolute Gasteiger partial charge is 0.223 e. The lowest BCUT2D eigenvalue weighted by atomic mass is 10.1. The van der Waals surface area contributed by atoms with Gasteiger partial charge >= 0.3 is 0 Å². The Bertz CT molecular complexity index is 1560. The number of fused-ring (bicyclic) bond motifs is 1. The van der Waals surface area contributed by atoms with Gasteiger partial charge in [0, 0.05) is 30.8 Å². The van der Waals surface area contributed by atoms with Gasteiger partial charge in [-0.25, -0.2) is 19.3 Å². The lowest BCUT2D eigenvalue weighted by molar-refractivity contribution is 0.244. The second-order valence-corrected chi connectivity index (χ2v) is 10.2. The molecule has 1 atom stereocenters. The number of rotatable bonds is 10. The van der Waals surface area contributed by atoms with Crippen LogP contribution in [0, 0.1) is 22.6 Å². The van der Waals surface area contributed by atoms with Crippen LogP contribution in [0.15, 0.2) is 79.0 Å². The Hall–Kier alpha value is -4.66. The highest BCUT2D eigenvalue weighted by atomic mass is 19.1. The number of allylic oxidation sites excluding steroid dienone is 1. The molecule has 2 aromatic heterocycles. The first-order valence-corrected chi connectivity index (χ1v) is 13.5. The van der Waals surface area contributed by atoms with Crippen LogP contribution in [0.1, 0.15) is 36.7 Å². The van der Waals surface area contributed by atoms with Gasteiger partial charge in [-0.2, -0.15) is 0 Å². The van der Waals surface area contributed by atoms with Crippen molar-refractivity contribution in [1.29, 1.82) is 10.8 Å². The maximum atomic E-state index is 13.7. The normalized spacial score (nSPS) is 16.2. The van der Waals surface area contributed by atoms with Crippen LogP contribution in [0.2, 0.25) is 0 Å². The molecular weight excluding hydrogens is 505 g/mol. The molecule has 0 radical (unpaired) electrons. The molecule has 0 saturated heterocycles. The van der Waals surface area contributed by atoms with Crippen molar-refractivity contribution in [3.05, 3.63) is 96.2 Å². The molecule has 6 rings (SSSR count). The summed E-state index contributed by atoms with van der Waals surface area (Å²) in [5.41, 5.74) is 4.19. The van der Waals surface area contributed by atoms with Gasteiger partial charge in [0.15, 0.2) is 0 Å². The number of anilines is 1. The fourth-order valence-corrected chi connectivity index (χ4v) is 4.93. The fourth-order valence-electron chi connectivity index (χ4n) is 4.93. The summed E-state index contributed by atoms with van der Waals surface area (Å²) in [5, 5.41) is 19.9. The van der Waals surface area contributed by atoms with Crippen LogP contribution < -0.4 is 5.32 Å². The van der Waals surface area contributed by atoms with E-state index >= 15 is 0 Å². The summed E-state index contributed by atoms with van der Waals surface area (Å²) in [6, 6.07) is 17.5. The van der Waals surface area contributed by atoms with E-state index < -0.39 is 0 Å². The molecule has 202 valence electrons. The minimum atomic E-state index is -0.302. The van der Waals surface area contributed by atoms with Crippen molar-refractivity contribution in [2.75, 3.05) is 18.5 Å². The molecule has 2 aromatic carbocycles. The first kappa shape index (κ1) is 25.6. The van der Waals surface area contributed by atoms with Crippen LogP contribution in [0.4, 0.5) is 10.3 Å². The van der Waals surface area contributed by atoms with Crippen molar-refractivity contribution in [3.63, 3.8) is 0 Å². The molecule has 1 aliphatic heterocycles. The lowest BCUT2D eigenvalue weighted by Crippen LogP contribution is -2.16. The van der Waals surface area contributed by atoms with Crippen LogP contribution in [0.5, 0.6) is 0 Å². The summed E-state index contributed by atoms with van der Waals surface area (Å²) >= 11 is 0. The molecule has 1 aliphatic carbocycles. The van der Waals surface area contributed by atoms with Crippen LogP contribution in [0.25, 0.3) is 22.6 Å². The van der Waals surface area contributed by atoms with E-state index in [0.29, 0.717) is 17.6 Å². The summed E-state index contributed by atoms with van der Waals surface area (Å²) in [4.78, 5) is 14.2. The van der Waals surface area contributed by atoms with Crippen molar-refractivity contribution in [2.45, 2.75) is 31.7 Å². The maximum absolute atomic E-state index is 13.7. The van der Waals surface area contributed by atoms with Crippen molar-refractivity contribution in [1.82, 2.24) is 19.5 Å². The first-order valence-electron chi connectivity index (χ1n) is 13.5. The van der Waals surface area contributed by atoms with E-state index in [2.05, 4.69) is 14.9 Å². The van der Waals surface area contributed by atoms with Gasteiger partial charge in [0.05, 0.1) is 28.8 Å². The average Bonchev–Trinajstić information content (AvgIpc) is 3.62. The van der Waals surface area contributed by atoms with Gasteiger partial charge in [-0.1, -0.05) is 30.3 Å². The molecule has 0 bridgehead atoms. The van der Waals surface area contributed by atoms with Gasteiger partial charge in [-0.3, -0.25) is 5.41 Å². The third-order valence-corrected chi connectivity index (χ3v) is 7.23. The molecule has 1 fully saturated rings. The van der Waals surface area contributed by atoms with E-state index in [1.165, 1.54) is 31.1 Å². The average molecular weight is 536 g/mol. The van der Waals surface area contributed by atoms with E-state index in [4.69, 9.17) is 25.5 Å². The molecule has 3 N–H and O–H groups in total. The number of halogens is 1. The number of benzene rings is 2. The Labute approximate surface area is 232 Å². The molecule has 2 aliphatic rings. The molecule has 0 spiro atoms. The Morgan fingerprint density at radius 2 is 1.80 bits per heavy atom. The third kappa shape index (κ3) is 5.68. The van der Waals surface area contributed by atoms with Gasteiger partial charge in [0.1, 0.15) is 18.2 Å². The minimum absolute atomic E-state index is 0.0110. The second kappa shape index (κ2) is 11.2. The number of ether oxygens (including phenoxy) is 1. The second-order valence-electron chi connectivity index (χ2n) is 10.2. The molecule has 4 aromatic rings. The summed E-state index contributed by atoms with van der Waals surface area (Å²) in [7, 11) is 0. The van der Waals surface area contributed by atoms with E-state index in [1.807, 2.05) is 36.4 Å². The topological polar surface area (TPSA) is 113 Å². The van der Waals surface area contributed by atoms with Crippen LogP contribution in [-0.2, 0) is 11.2 Å². The van der Waals surface area contributed by atoms with Crippen molar-refractivity contribution < 1.29 is 9.13 Å². The number of hydrogen-bond donors (Lipinski definition) is 3. The first-order chi connectivity index (χ1) is 19.5. The monoisotopic (exact) mass is 535 g/mol. The summed E-state index contributed by atoms with van der Waals surface area (Å²) in [6.07, 6.45) is 8.86. The van der Waals surface area contributed by atoms with Gasteiger partial charge < -0.3 is 20.0 Å². The molecule has 8 nitrogen and oxygen atoms in total. The zero-order valence-electron chi connectivity index (χ0n) is 22.0. The van der Waals surface area contributed by atoms with Crippen molar-refractivity contribution >= 4 is 17.6 Å². The zero-order chi connectivity index (χ0) is 27.5. The third-order valence-electron chi connectivity index (χ3n) is 7.23. The largest absolute Gasteiger partial charge is 0.476 e. The number of aryl methyl sites for hydroxylation is 1. The molecule has 1 saturated carbocycles. The highest BCUT2D eigenvalue weighted by molar-refractivity contribution is 6.08. The Kier molecular flexibility index (Phi) is 7.18. The van der Waals surface area contributed by atoms with E-state index in [9.17, 15) is 4.39 Å². The minimum Gasteiger partial charge on any atom is -0.476 e. The number of aromatic nitrogens is 4. The molecule has 0 amide bonds. The van der Waals surface area contributed by atoms with Crippen LogP contribution >= 0.6 is 0 Å². The van der Waals surface area contributed by atoms with Crippen molar-refractivity contribution in [3.8, 4) is 22.6 Å². The molecule has 3 heterocycles. The SMILES string of the molecule is N=C(/C=C\C(=N)c1ccccc1)OCC1CCc2nc(-c3ccc(F)cc3)c(-c3ccnc(NCC4CC4)n3)n21. The van der Waals surface area contributed by atoms with Crippen LogP contribution in [-0.4, -0.2) is 44.3 Å². The summed E-state index contributed by atoms with van der Waals surface area (Å²) in [5.74, 6) is 1.85. The van der Waals surface area contributed by atoms with Crippen molar-refractivity contribution in [2.24, 2.45) is 5.92 Å². The Balaban J connectivity index is 1.25. The highest BCUT2D eigenvalue weighted by Crippen LogP contribution is 2.39. The quantitative estimate of drug-likeness (QED) is 0.168. The molecule has 9 heteroatoms. The Morgan fingerprint density at radius 3 is 2.58 bits per heavy atom. The zero-order valence-corrected chi connectivity index (χ0v) is 22.0. The molecule has 1 unspecified atom stereocenters. The standard InChI is InChI=1S/C31H30FN7O/c32-23-10-8-22(9-11-23)29-30(26-16-17-35-31(37-26)36-18-20-6-7-20)39-24(12-15-28(39)38-29)19-40-27(34)14-13-25(33)21-4-2-1-3-5-21/h1-5,8-11,13-14,16-17,20,24,33-34H,6-7,12,15,18-19H2,(H,35,36,37)/b14-13-,33-25?,34-27?. The summed E-state index contributed by atoms with van der Waals surface area (Å²) < 4.78 is 21.7. The van der Waals surface area contributed by atoms with E-state index in [0.717, 1.165) is 53.4 Å². The number of nitrogens with zero attached hydrogens (tertiary/aromatic N) is 4. The lowest BCUT2D eigenvalue weighted by Gasteiger charge is -2.18. The number of imidazole rings is 1. The number of nitrogens with one attached hydrogen (secondary N) is 3.